The Morgan fingerprint density at radius 3 is 2.76 bits per heavy atom. The quantitative estimate of drug-likeness (QED) is 0.548. The summed E-state index contributed by atoms with van der Waals surface area (Å²) in [7, 11) is 0. The van der Waals surface area contributed by atoms with E-state index in [2.05, 4.69) is 30.5 Å². The molecule has 0 spiro atoms. The molecule has 2 aliphatic rings. The number of nitrogens with two attached hydrogens (primary N) is 1. The van der Waals surface area contributed by atoms with E-state index in [0.29, 0.717) is 12.4 Å². The Morgan fingerprint density at radius 1 is 1.06 bits per heavy atom. The number of nitrogens with zero attached hydrogens (tertiary/aromatic N) is 4. The fourth-order valence-corrected chi connectivity index (χ4v) is 3.67. The van der Waals surface area contributed by atoms with Crippen LogP contribution in [0.5, 0.6) is 5.75 Å². The summed E-state index contributed by atoms with van der Waals surface area (Å²) in [6.45, 7) is 3.17. The van der Waals surface area contributed by atoms with Crippen LogP contribution in [0.1, 0.15) is 6.42 Å². The molecule has 0 saturated carbocycles. The van der Waals surface area contributed by atoms with Crippen LogP contribution in [0.3, 0.4) is 0 Å². The van der Waals surface area contributed by atoms with E-state index in [1.165, 1.54) is 0 Å². The summed E-state index contributed by atoms with van der Waals surface area (Å²) < 4.78 is 25.6. The van der Waals surface area contributed by atoms with E-state index in [4.69, 9.17) is 15.2 Å². The van der Waals surface area contributed by atoms with Gasteiger partial charge in [-0.1, -0.05) is 0 Å². The zero-order valence-electron chi connectivity index (χ0n) is 17.7. The third-order valence-electron chi connectivity index (χ3n) is 5.31. The first-order chi connectivity index (χ1) is 16.1. The maximum absolute atomic E-state index is 14.8. The highest BCUT2D eigenvalue weighted by atomic mass is 19.1. The minimum Gasteiger partial charge on any atom is -0.480 e. The summed E-state index contributed by atoms with van der Waals surface area (Å²) in [5, 5.41) is 5.65. The molecule has 170 valence electrons. The Kier molecular flexibility index (Phi) is 5.61. The number of pyridine rings is 1. The Morgan fingerprint density at radius 2 is 1.91 bits per heavy atom. The molecule has 4 N–H and O–H groups in total. The molecule has 1 saturated heterocycles. The molecule has 3 aromatic rings. The van der Waals surface area contributed by atoms with Crippen LogP contribution in [0.4, 0.5) is 33.3 Å². The van der Waals surface area contributed by atoms with Crippen molar-refractivity contribution in [3.63, 3.8) is 0 Å². The molecular formula is C22H22FN7O3. The van der Waals surface area contributed by atoms with Crippen LogP contribution in [-0.4, -0.2) is 53.8 Å². The average Bonchev–Trinajstić information content (AvgIpc) is 3.11. The maximum atomic E-state index is 14.8. The van der Waals surface area contributed by atoms with Crippen molar-refractivity contribution >= 4 is 34.9 Å². The van der Waals surface area contributed by atoms with Gasteiger partial charge in [0.1, 0.15) is 5.69 Å². The Labute approximate surface area is 189 Å². The molecule has 0 aliphatic carbocycles. The summed E-state index contributed by atoms with van der Waals surface area (Å²) in [6, 6.07) is 10.9. The van der Waals surface area contributed by atoms with Crippen LogP contribution in [0.25, 0.3) is 11.4 Å². The first-order valence-corrected chi connectivity index (χ1v) is 10.5. The van der Waals surface area contributed by atoms with Crippen LogP contribution in [0.15, 0.2) is 36.4 Å². The molecule has 0 bridgehead atoms. The van der Waals surface area contributed by atoms with Gasteiger partial charge < -0.3 is 30.7 Å². The number of carbonyl (C=O) groups is 1. The lowest BCUT2D eigenvalue weighted by atomic mass is 10.2. The zero-order valence-corrected chi connectivity index (χ0v) is 17.7. The monoisotopic (exact) mass is 451 g/mol. The van der Waals surface area contributed by atoms with Gasteiger partial charge >= 0.3 is 0 Å². The van der Waals surface area contributed by atoms with Gasteiger partial charge in [0.15, 0.2) is 29.8 Å². The fraction of sp³-hybridized carbons (Fsp3) is 0.273. The van der Waals surface area contributed by atoms with Crippen molar-refractivity contribution in [1.82, 2.24) is 15.0 Å². The minimum absolute atomic E-state index is 0.0891. The number of anilines is 5. The summed E-state index contributed by atoms with van der Waals surface area (Å²) >= 11 is 0. The van der Waals surface area contributed by atoms with Gasteiger partial charge in [-0.3, -0.25) is 4.79 Å². The van der Waals surface area contributed by atoms with E-state index in [9.17, 15) is 9.18 Å². The van der Waals surface area contributed by atoms with Gasteiger partial charge in [0.25, 0.3) is 5.91 Å². The second-order valence-corrected chi connectivity index (χ2v) is 7.60. The molecule has 11 heteroatoms. The van der Waals surface area contributed by atoms with Crippen molar-refractivity contribution in [2.45, 2.75) is 6.42 Å². The molecule has 1 fully saturated rings. The molecule has 4 heterocycles. The van der Waals surface area contributed by atoms with E-state index >= 15 is 0 Å². The van der Waals surface area contributed by atoms with Gasteiger partial charge in [-0.05, 0) is 42.8 Å². The summed E-state index contributed by atoms with van der Waals surface area (Å²) in [5.41, 5.74) is 7.72. The first-order valence-electron chi connectivity index (χ1n) is 10.5. The topological polar surface area (TPSA) is 128 Å². The van der Waals surface area contributed by atoms with Crippen molar-refractivity contribution in [2.24, 2.45) is 0 Å². The van der Waals surface area contributed by atoms with Crippen LogP contribution >= 0.6 is 0 Å². The lowest BCUT2D eigenvalue weighted by molar-refractivity contribution is -0.118. The van der Waals surface area contributed by atoms with Crippen molar-refractivity contribution < 1.29 is 18.7 Å². The highest BCUT2D eigenvalue weighted by Gasteiger charge is 2.21. The molecule has 1 amide bonds. The minimum atomic E-state index is -0.796. The molecule has 1 aromatic carbocycles. The number of rotatable bonds is 4. The number of amides is 1. The average molecular weight is 451 g/mol. The predicted molar refractivity (Wildman–Crippen MR) is 121 cm³/mol. The molecule has 2 aromatic heterocycles. The van der Waals surface area contributed by atoms with Crippen molar-refractivity contribution in [3.05, 3.63) is 42.2 Å². The van der Waals surface area contributed by atoms with Crippen LogP contribution in [0.2, 0.25) is 0 Å². The van der Waals surface area contributed by atoms with Gasteiger partial charge in [0.2, 0.25) is 5.95 Å². The molecule has 0 atom stereocenters. The van der Waals surface area contributed by atoms with Gasteiger partial charge in [0.05, 0.1) is 12.3 Å². The number of carbonyl (C=O) groups excluding carboxylic acids is 1. The molecule has 5 rings (SSSR count). The van der Waals surface area contributed by atoms with Crippen molar-refractivity contribution in [2.75, 3.05) is 54.2 Å². The van der Waals surface area contributed by atoms with E-state index in [1.807, 2.05) is 24.3 Å². The summed E-state index contributed by atoms with van der Waals surface area (Å²) in [4.78, 5) is 26.4. The molecule has 2 aliphatic heterocycles. The molecule has 0 radical (unpaired) electrons. The molecule has 0 unspecified atom stereocenters. The molecular weight excluding hydrogens is 429 g/mol. The number of hydrogen-bond acceptors (Lipinski definition) is 9. The third kappa shape index (κ3) is 4.48. The number of halogens is 1. The first kappa shape index (κ1) is 20.9. The number of ether oxygens (including phenoxy) is 2. The largest absolute Gasteiger partial charge is 0.480 e. The number of nitrogens with one attached hydrogen (secondary N) is 2. The lowest BCUT2D eigenvalue weighted by Gasteiger charge is -2.22. The van der Waals surface area contributed by atoms with Crippen LogP contribution in [0, 0.1) is 5.82 Å². The highest BCUT2D eigenvalue weighted by Crippen LogP contribution is 2.31. The normalized spacial score (nSPS) is 15.8. The second-order valence-electron chi connectivity index (χ2n) is 7.60. The Hall–Kier alpha value is -3.99. The van der Waals surface area contributed by atoms with Crippen molar-refractivity contribution in [1.29, 1.82) is 0 Å². The Balaban J connectivity index is 1.39. The number of fused-ring (bicyclic) bond motifs is 1. The van der Waals surface area contributed by atoms with E-state index in [0.717, 1.165) is 37.5 Å². The third-order valence-corrected chi connectivity index (χ3v) is 5.31. The number of aromatic nitrogens is 3. The zero-order chi connectivity index (χ0) is 22.8. The Bertz CT molecular complexity index is 1180. The molecule has 33 heavy (non-hydrogen) atoms. The summed E-state index contributed by atoms with van der Waals surface area (Å²) in [5.74, 6) is -0.731. The van der Waals surface area contributed by atoms with Crippen molar-refractivity contribution in [3.8, 4) is 17.1 Å². The van der Waals surface area contributed by atoms with Gasteiger partial charge in [-0.15, -0.1) is 0 Å². The van der Waals surface area contributed by atoms with Gasteiger partial charge in [0, 0.05) is 31.1 Å². The maximum Gasteiger partial charge on any atom is 0.263 e. The highest BCUT2D eigenvalue weighted by molar-refractivity contribution is 5.94. The van der Waals surface area contributed by atoms with Crippen LogP contribution in [-0.2, 0) is 9.53 Å². The second kappa shape index (κ2) is 8.87. The van der Waals surface area contributed by atoms with Gasteiger partial charge in [-0.2, -0.15) is 4.98 Å². The van der Waals surface area contributed by atoms with Crippen LogP contribution < -0.4 is 26.0 Å². The molecule has 10 nitrogen and oxygen atoms in total. The van der Waals surface area contributed by atoms with Gasteiger partial charge in [-0.25, -0.2) is 14.4 Å². The van der Waals surface area contributed by atoms with E-state index < -0.39 is 5.82 Å². The number of benzene rings is 1. The number of hydrogen-bond donors (Lipinski definition) is 3. The SMILES string of the molecule is Nc1nc(Nc2ccc(N3CCCOCC3)cc2)nc(-c2ccc3c(n2)NC(=O)CO3)c1F. The van der Waals surface area contributed by atoms with E-state index in [-0.39, 0.29) is 41.5 Å². The lowest BCUT2D eigenvalue weighted by Crippen LogP contribution is -2.26. The predicted octanol–water partition coefficient (Wildman–Crippen LogP) is 2.56. The summed E-state index contributed by atoms with van der Waals surface area (Å²) in [6.07, 6.45) is 0.984. The standard InChI is InChI=1S/C22H22FN7O3/c23-18-19(15-6-7-16-21(26-15)27-17(31)12-33-16)28-22(29-20(18)24)25-13-2-4-14(5-3-13)30-8-1-10-32-11-9-30/h2-7H,1,8-12H2,(H,26,27,31)(H3,24,25,28,29). The van der Waals surface area contributed by atoms with E-state index in [1.54, 1.807) is 12.1 Å². The smallest absolute Gasteiger partial charge is 0.263 e. The number of nitrogen functional groups attached to an aromatic ring is 1. The fourth-order valence-electron chi connectivity index (χ4n) is 3.67.